The predicted molar refractivity (Wildman–Crippen MR) is 98.0 cm³/mol. The molecule has 0 amide bonds. The molecule has 0 bridgehead atoms. The Morgan fingerprint density at radius 2 is 1.33 bits per heavy atom. The molecule has 2 aliphatic heterocycles. The molecule has 6 nitrogen and oxygen atoms in total. The van der Waals surface area contributed by atoms with Crippen LogP contribution in [0.5, 0.6) is 0 Å². The van der Waals surface area contributed by atoms with Crippen molar-refractivity contribution < 1.29 is 28.5 Å². The van der Waals surface area contributed by atoms with E-state index in [2.05, 4.69) is 6.58 Å². The van der Waals surface area contributed by atoms with Crippen LogP contribution in [0, 0.1) is 0 Å². The normalized spacial score (nSPS) is 33.2. The zero-order chi connectivity index (χ0) is 18.9. The Labute approximate surface area is 161 Å². The van der Waals surface area contributed by atoms with Gasteiger partial charge in [0, 0.05) is 31.3 Å². The lowest BCUT2D eigenvalue weighted by atomic mass is 9.94. The Morgan fingerprint density at radius 3 is 1.74 bits per heavy atom. The van der Waals surface area contributed by atoms with Crippen LogP contribution >= 0.6 is 0 Å². The molecule has 2 heterocycles. The van der Waals surface area contributed by atoms with Gasteiger partial charge in [-0.05, 0) is 32.6 Å². The molecule has 0 N–H and O–H groups in total. The van der Waals surface area contributed by atoms with Crippen LogP contribution in [0.3, 0.4) is 0 Å². The highest BCUT2D eigenvalue weighted by Crippen LogP contribution is 2.43. The van der Waals surface area contributed by atoms with Gasteiger partial charge in [0.2, 0.25) is 0 Å². The third-order valence-electron chi connectivity index (χ3n) is 6.31. The van der Waals surface area contributed by atoms with Gasteiger partial charge < -0.3 is 23.7 Å². The van der Waals surface area contributed by atoms with Crippen molar-refractivity contribution >= 4 is 5.97 Å². The van der Waals surface area contributed by atoms with E-state index < -0.39 is 23.6 Å². The first-order valence-electron chi connectivity index (χ1n) is 10.5. The Balaban J connectivity index is 1.47. The summed E-state index contributed by atoms with van der Waals surface area (Å²) in [5, 5.41) is 0. The molecule has 27 heavy (non-hydrogen) atoms. The predicted octanol–water partition coefficient (Wildman–Crippen LogP) is 3.63. The molecule has 2 spiro atoms. The Hall–Kier alpha value is -0.950. The van der Waals surface area contributed by atoms with Gasteiger partial charge in [-0.2, -0.15) is 0 Å². The first-order valence-corrected chi connectivity index (χ1v) is 10.5. The van der Waals surface area contributed by atoms with Crippen molar-refractivity contribution in [2.75, 3.05) is 13.2 Å². The molecule has 6 heteroatoms. The van der Waals surface area contributed by atoms with Crippen LogP contribution in [-0.2, 0) is 28.5 Å². The molecule has 0 aromatic heterocycles. The van der Waals surface area contributed by atoms with Crippen LogP contribution in [-0.4, -0.2) is 49.1 Å². The molecule has 4 fully saturated rings. The van der Waals surface area contributed by atoms with Crippen molar-refractivity contribution in [2.45, 2.75) is 101 Å². The summed E-state index contributed by atoms with van der Waals surface area (Å²) in [6.07, 6.45) is 9.24. The third-order valence-corrected chi connectivity index (χ3v) is 6.31. The summed E-state index contributed by atoms with van der Waals surface area (Å²) in [7, 11) is 0. The number of carbonyl (C=O) groups is 1. The standard InChI is InChI=1S/C21H32O6/c1-15(2)19(22)25-18(16-13-23-20(26-16)9-5-3-6-10-20)17-14-24-21(27-17)11-7-4-8-12-21/h16-18H,1,3-14H2,2H3/t16-,17+,18+. The van der Waals surface area contributed by atoms with E-state index in [1.54, 1.807) is 6.92 Å². The number of ether oxygens (including phenoxy) is 5. The summed E-state index contributed by atoms with van der Waals surface area (Å²) >= 11 is 0. The second-order valence-corrected chi connectivity index (χ2v) is 8.53. The van der Waals surface area contributed by atoms with Crippen LogP contribution in [0.25, 0.3) is 0 Å². The maximum absolute atomic E-state index is 12.3. The second-order valence-electron chi connectivity index (χ2n) is 8.53. The summed E-state index contributed by atoms with van der Waals surface area (Å²) in [6, 6.07) is 0. The zero-order valence-corrected chi connectivity index (χ0v) is 16.4. The molecule has 4 aliphatic rings. The van der Waals surface area contributed by atoms with E-state index >= 15 is 0 Å². The van der Waals surface area contributed by atoms with Gasteiger partial charge in [-0.1, -0.05) is 19.4 Å². The minimum atomic E-state index is -0.545. The van der Waals surface area contributed by atoms with E-state index in [1.165, 1.54) is 12.8 Å². The van der Waals surface area contributed by atoms with Crippen LogP contribution in [0.4, 0.5) is 0 Å². The average Bonchev–Trinajstić information content (AvgIpc) is 3.26. The number of hydrogen-bond acceptors (Lipinski definition) is 6. The van der Waals surface area contributed by atoms with Gasteiger partial charge in [0.15, 0.2) is 17.7 Å². The first-order chi connectivity index (χ1) is 13.0. The molecule has 0 unspecified atom stereocenters. The van der Waals surface area contributed by atoms with Crippen LogP contribution in [0.1, 0.15) is 71.1 Å². The molecule has 2 aliphatic carbocycles. The van der Waals surface area contributed by atoms with Crippen molar-refractivity contribution in [1.29, 1.82) is 0 Å². The molecule has 0 aromatic carbocycles. The van der Waals surface area contributed by atoms with E-state index in [4.69, 9.17) is 23.7 Å². The molecule has 2 saturated carbocycles. The Morgan fingerprint density at radius 1 is 0.889 bits per heavy atom. The topological polar surface area (TPSA) is 63.2 Å². The first kappa shape index (κ1) is 19.4. The fourth-order valence-corrected chi connectivity index (χ4v) is 4.80. The largest absolute Gasteiger partial charge is 0.453 e. The fraction of sp³-hybridized carbons (Fsp3) is 0.857. The van der Waals surface area contributed by atoms with E-state index in [9.17, 15) is 4.79 Å². The molecule has 152 valence electrons. The lowest BCUT2D eigenvalue weighted by Gasteiger charge is -2.35. The molecule has 0 radical (unpaired) electrons. The highest BCUT2D eigenvalue weighted by Gasteiger charge is 2.52. The Bertz CT molecular complexity index is 525. The highest BCUT2D eigenvalue weighted by molar-refractivity contribution is 5.87. The van der Waals surface area contributed by atoms with Crippen LogP contribution in [0.2, 0.25) is 0 Å². The summed E-state index contributed by atoms with van der Waals surface area (Å²) in [4.78, 5) is 12.3. The van der Waals surface area contributed by atoms with E-state index in [0.29, 0.717) is 18.8 Å². The van der Waals surface area contributed by atoms with Gasteiger partial charge in [-0.25, -0.2) is 4.79 Å². The number of carbonyl (C=O) groups excluding carboxylic acids is 1. The average molecular weight is 380 g/mol. The summed E-state index contributed by atoms with van der Waals surface area (Å²) < 4.78 is 30.7. The van der Waals surface area contributed by atoms with Gasteiger partial charge in [0.05, 0.1) is 13.2 Å². The van der Waals surface area contributed by atoms with Crippen LogP contribution < -0.4 is 0 Å². The van der Waals surface area contributed by atoms with Crippen molar-refractivity contribution in [2.24, 2.45) is 0 Å². The molecular formula is C21H32O6. The van der Waals surface area contributed by atoms with Gasteiger partial charge in [0.1, 0.15) is 12.2 Å². The summed E-state index contributed by atoms with van der Waals surface area (Å²) in [5.74, 6) is -1.45. The minimum Gasteiger partial charge on any atom is -0.453 e. The molecule has 4 rings (SSSR count). The SMILES string of the molecule is C=C(C)C(=O)O[C@H]([C@@H]1COC2(CCCCC2)O1)[C@H]1COC2(CCCCC2)O1. The van der Waals surface area contributed by atoms with Crippen molar-refractivity contribution in [3.05, 3.63) is 12.2 Å². The van der Waals surface area contributed by atoms with Gasteiger partial charge in [-0.15, -0.1) is 0 Å². The van der Waals surface area contributed by atoms with E-state index in [1.807, 2.05) is 0 Å². The number of hydrogen-bond donors (Lipinski definition) is 0. The lowest BCUT2D eigenvalue weighted by Crippen LogP contribution is -2.46. The smallest absolute Gasteiger partial charge is 0.333 e. The second kappa shape index (κ2) is 7.82. The summed E-state index contributed by atoms with van der Waals surface area (Å²) in [6.45, 7) is 6.20. The van der Waals surface area contributed by atoms with E-state index in [0.717, 1.165) is 51.4 Å². The lowest BCUT2D eigenvalue weighted by molar-refractivity contribution is -0.222. The Kier molecular flexibility index (Phi) is 5.61. The fourth-order valence-electron chi connectivity index (χ4n) is 4.80. The molecular weight excluding hydrogens is 348 g/mol. The van der Waals surface area contributed by atoms with Crippen molar-refractivity contribution in [3.63, 3.8) is 0 Å². The molecule has 3 atom stereocenters. The highest BCUT2D eigenvalue weighted by atomic mass is 16.8. The maximum atomic E-state index is 12.3. The zero-order valence-electron chi connectivity index (χ0n) is 16.4. The van der Waals surface area contributed by atoms with Gasteiger partial charge in [-0.3, -0.25) is 0 Å². The maximum Gasteiger partial charge on any atom is 0.333 e. The van der Waals surface area contributed by atoms with Crippen molar-refractivity contribution in [3.8, 4) is 0 Å². The number of esters is 1. The third kappa shape index (κ3) is 4.09. The van der Waals surface area contributed by atoms with Gasteiger partial charge in [0.25, 0.3) is 0 Å². The van der Waals surface area contributed by atoms with Crippen LogP contribution in [0.15, 0.2) is 12.2 Å². The molecule has 0 aromatic rings. The van der Waals surface area contributed by atoms with Crippen molar-refractivity contribution in [1.82, 2.24) is 0 Å². The minimum absolute atomic E-state index is 0.334. The molecule has 2 saturated heterocycles. The quantitative estimate of drug-likeness (QED) is 0.548. The summed E-state index contributed by atoms with van der Waals surface area (Å²) in [5.41, 5.74) is 0.373. The monoisotopic (exact) mass is 380 g/mol. The van der Waals surface area contributed by atoms with E-state index in [-0.39, 0.29) is 12.2 Å². The van der Waals surface area contributed by atoms with Gasteiger partial charge >= 0.3 is 5.97 Å². The number of rotatable bonds is 4.